The van der Waals surface area contributed by atoms with Gasteiger partial charge in [0.1, 0.15) is 0 Å². The van der Waals surface area contributed by atoms with Gasteiger partial charge in [-0.3, -0.25) is 0 Å². The maximum Gasteiger partial charge on any atom is 0.0175 e. The molecule has 0 bridgehead atoms. The highest BCUT2D eigenvalue weighted by Crippen LogP contribution is 2.11. The zero-order chi connectivity index (χ0) is 8.85. The van der Waals surface area contributed by atoms with Gasteiger partial charge in [-0.2, -0.15) is 0 Å². The summed E-state index contributed by atoms with van der Waals surface area (Å²) in [6.07, 6.45) is 0. The average Bonchev–Trinajstić information content (AvgIpc) is 2.40. The monoisotopic (exact) mass is 153 g/mol. The first-order chi connectivity index (χ1) is 5.20. The number of nitrogens with one attached hydrogen (secondary N) is 1. The second-order valence-corrected chi connectivity index (χ2v) is 2.75. The molecule has 0 atom stereocenters. The van der Waals surface area contributed by atoms with Crippen molar-refractivity contribution in [3.05, 3.63) is 23.5 Å². The predicted molar refractivity (Wildman–Crippen MR) is 51.0 cm³/mol. The Balaban J connectivity index is 0.000000461. The Hall–Kier alpha value is -0.720. The van der Waals surface area contributed by atoms with Gasteiger partial charge < -0.3 is 4.98 Å². The molecule has 1 aromatic rings. The van der Waals surface area contributed by atoms with E-state index in [-0.39, 0.29) is 0 Å². The van der Waals surface area contributed by atoms with Crippen LogP contribution in [-0.2, 0) is 0 Å². The van der Waals surface area contributed by atoms with Crippen LogP contribution in [0.15, 0.2) is 12.1 Å². The van der Waals surface area contributed by atoms with Gasteiger partial charge >= 0.3 is 0 Å². The molecular weight excluding hydrogens is 134 g/mol. The molecule has 0 saturated heterocycles. The van der Waals surface area contributed by atoms with Crippen molar-refractivity contribution in [2.24, 2.45) is 0 Å². The van der Waals surface area contributed by atoms with E-state index in [2.05, 4.69) is 37.9 Å². The highest BCUT2D eigenvalue weighted by atomic mass is 14.7. The smallest absolute Gasteiger partial charge is 0.0175 e. The lowest BCUT2D eigenvalue weighted by atomic mass is 10.1. The van der Waals surface area contributed by atoms with E-state index in [0.29, 0.717) is 5.92 Å². The van der Waals surface area contributed by atoms with Gasteiger partial charge in [-0.15, -0.1) is 0 Å². The van der Waals surface area contributed by atoms with Gasteiger partial charge in [-0.05, 0) is 25.0 Å². The zero-order valence-electron chi connectivity index (χ0n) is 8.23. The average molecular weight is 153 g/mol. The quantitative estimate of drug-likeness (QED) is 0.636. The molecule has 1 N–H and O–H groups in total. The van der Waals surface area contributed by atoms with Crippen LogP contribution in [0.2, 0.25) is 0 Å². The normalized spacial score (nSPS) is 9.27. The van der Waals surface area contributed by atoms with E-state index in [1.54, 1.807) is 0 Å². The van der Waals surface area contributed by atoms with E-state index in [1.165, 1.54) is 11.4 Å². The van der Waals surface area contributed by atoms with E-state index in [9.17, 15) is 0 Å². The Kier molecular flexibility index (Phi) is 4.67. The van der Waals surface area contributed by atoms with Crippen molar-refractivity contribution in [3.63, 3.8) is 0 Å². The van der Waals surface area contributed by atoms with Gasteiger partial charge in [0.2, 0.25) is 0 Å². The fourth-order valence-electron chi connectivity index (χ4n) is 0.863. The third-order valence-electron chi connectivity index (χ3n) is 1.48. The summed E-state index contributed by atoms with van der Waals surface area (Å²) in [7, 11) is 0. The number of aromatic nitrogens is 1. The first-order valence-electron chi connectivity index (χ1n) is 4.35. The van der Waals surface area contributed by atoms with Crippen molar-refractivity contribution in [2.75, 3.05) is 0 Å². The van der Waals surface area contributed by atoms with Crippen LogP contribution in [0.3, 0.4) is 0 Å². The fourth-order valence-corrected chi connectivity index (χ4v) is 0.863. The molecule has 1 heterocycles. The number of hydrogen-bond donors (Lipinski definition) is 1. The van der Waals surface area contributed by atoms with Gasteiger partial charge in [-0.1, -0.05) is 27.7 Å². The maximum atomic E-state index is 3.28. The molecule has 1 nitrogen and oxygen atoms in total. The molecule has 0 unspecified atom stereocenters. The lowest BCUT2D eigenvalue weighted by Crippen LogP contribution is -1.85. The van der Waals surface area contributed by atoms with Gasteiger partial charge in [0, 0.05) is 11.4 Å². The topological polar surface area (TPSA) is 15.8 Å². The summed E-state index contributed by atoms with van der Waals surface area (Å²) < 4.78 is 0. The molecule has 0 aromatic carbocycles. The van der Waals surface area contributed by atoms with Gasteiger partial charge in [0.05, 0.1) is 0 Å². The lowest BCUT2D eigenvalue weighted by molar-refractivity contribution is 0.829. The first kappa shape index (κ1) is 10.3. The molecule has 1 heteroatoms. The number of H-pyrrole nitrogens is 1. The van der Waals surface area contributed by atoms with Crippen LogP contribution >= 0.6 is 0 Å². The Morgan fingerprint density at radius 2 is 1.73 bits per heavy atom. The number of rotatable bonds is 1. The summed E-state index contributed by atoms with van der Waals surface area (Å²) in [5.41, 5.74) is 2.58. The largest absolute Gasteiger partial charge is 0.362 e. The second-order valence-electron chi connectivity index (χ2n) is 2.75. The zero-order valence-corrected chi connectivity index (χ0v) is 8.23. The van der Waals surface area contributed by atoms with Gasteiger partial charge in [0.25, 0.3) is 0 Å². The third kappa shape index (κ3) is 3.26. The highest BCUT2D eigenvalue weighted by molar-refractivity contribution is 5.14. The summed E-state index contributed by atoms with van der Waals surface area (Å²) in [6, 6.07) is 4.25. The van der Waals surface area contributed by atoms with Gasteiger partial charge in [0.15, 0.2) is 0 Å². The molecular formula is C10H19N. The SMILES string of the molecule is CC.Cc1ccc(C(C)C)[nH]1. The molecule has 64 valence electrons. The number of aromatic amines is 1. The van der Waals surface area contributed by atoms with Crippen LogP contribution in [0.25, 0.3) is 0 Å². The van der Waals surface area contributed by atoms with E-state index in [0.717, 1.165) is 0 Å². The first-order valence-corrected chi connectivity index (χ1v) is 4.35. The highest BCUT2D eigenvalue weighted by Gasteiger charge is 1.97. The van der Waals surface area contributed by atoms with Crippen LogP contribution in [0.1, 0.15) is 45.0 Å². The van der Waals surface area contributed by atoms with Crippen LogP contribution < -0.4 is 0 Å². The molecule has 0 amide bonds. The molecule has 0 radical (unpaired) electrons. The minimum absolute atomic E-state index is 0.624. The van der Waals surface area contributed by atoms with Crippen molar-refractivity contribution in [2.45, 2.75) is 40.5 Å². The molecule has 1 rings (SSSR count). The summed E-state index contributed by atoms with van der Waals surface area (Å²) in [4.78, 5) is 3.28. The van der Waals surface area contributed by atoms with E-state index < -0.39 is 0 Å². The second kappa shape index (κ2) is 5.00. The van der Waals surface area contributed by atoms with Gasteiger partial charge in [-0.25, -0.2) is 0 Å². The van der Waals surface area contributed by atoms with Crippen LogP contribution in [0, 0.1) is 6.92 Å². The third-order valence-corrected chi connectivity index (χ3v) is 1.48. The standard InChI is InChI=1S/C8H13N.C2H6/c1-6(2)8-5-4-7(3)9-8;1-2/h4-6,9H,1-3H3;1-2H3. The van der Waals surface area contributed by atoms with Crippen molar-refractivity contribution < 1.29 is 0 Å². The van der Waals surface area contributed by atoms with E-state index in [4.69, 9.17) is 0 Å². The Bertz CT molecular complexity index is 187. The molecule has 0 spiro atoms. The molecule has 11 heavy (non-hydrogen) atoms. The summed E-state index contributed by atoms with van der Waals surface area (Å²) in [5.74, 6) is 0.624. The minimum Gasteiger partial charge on any atom is -0.362 e. The van der Waals surface area contributed by atoms with E-state index in [1.807, 2.05) is 13.8 Å². The van der Waals surface area contributed by atoms with Crippen molar-refractivity contribution in [1.82, 2.24) is 4.98 Å². The van der Waals surface area contributed by atoms with Crippen molar-refractivity contribution in [1.29, 1.82) is 0 Å². The lowest BCUT2D eigenvalue weighted by Gasteiger charge is -1.98. The van der Waals surface area contributed by atoms with Crippen molar-refractivity contribution >= 4 is 0 Å². The molecule has 0 saturated carbocycles. The minimum atomic E-state index is 0.624. The summed E-state index contributed by atoms with van der Waals surface area (Å²) >= 11 is 0. The molecule has 0 aliphatic carbocycles. The van der Waals surface area contributed by atoms with E-state index >= 15 is 0 Å². The Morgan fingerprint density at radius 1 is 1.18 bits per heavy atom. The Morgan fingerprint density at radius 3 is 1.91 bits per heavy atom. The predicted octanol–water partition coefficient (Wildman–Crippen LogP) is 3.47. The number of aryl methyl sites for hydroxylation is 1. The summed E-state index contributed by atoms with van der Waals surface area (Å²) in [6.45, 7) is 10.4. The molecule has 0 aliphatic heterocycles. The summed E-state index contributed by atoms with van der Waals surface area (Å²) in [5, 5.41) is 0. The number of hydrogen-bond acceptors (Lipinski definition) is 0. The molecule has 0 fully saturated rings. The van der Waals surface area contributed by atoms with Crippen LogP contribution in [0.5, 0.6) is 0 Å². The Labute approximate surface area is 69.8 Å². The van der Waals surface area contributed by atoms with Crippen LogP contribution in [0.4, 0.5) is 0 Å². The van der Waals surface area contributed by atoms with Crippen LogP contribution in [-0.4, -0.2) is 4.98 Å². The van der Waals surface area contributed by atoms with Crippen molar-refractivity contribution in [3.8, 4) is 0 Å². The fraction of sp³-hybridized carbons (Fsp3) is 0.600. The molecule has 1 aromatic heterocycles. The molecule has 0 aliphatic rings. The maximum absolute atomic E-state index is 3.28.